The molecule has 1 saturated heterocycles. The lowest BCUT2D eigenvalue weighted by atomic mass is 10.0. The van der Waals surface area contributed by atoms with E-state index in [4.69, 9.17) is 21.1 Å². The van der Waals surface area contributed by atoms with Crippen LogP contribution in [0, 0.1) is 6.92 Å². The number of anilines is 1. The molecule has 2 heterocycles. The minimum Gasteiger partial charge on any atom is -0.493 e. The molecule has 0 bridgehead atoms. The SMILES string of the molecule is COc1cc(-c2cncc(CN(c3ccc(Cl)cc3)C3CCNCC3)c2)cc(C)c1OC. The van der Waals surface area contributed by atoms with E-state index in [0.29, 0.717) is 6.04 Å². The Kier molecular flexibility index (Phi) is 7.18. The Balaban J connectivity index is 1.65. The summed E-state index contributed by atoms with van der Waals surface area (Å²) in [6, 6.07) is 15.0. The molecule has 4 rings (SSSR count). The van der Waals surface area contributed by atoms with Crippen molar-refractivity contribution < 1.29 is 9.47 Å². The van der Waals surface area contributed by atoms with Crippen LogP contribution < -0.4 is 19.7 Å². The first-order chi connectivity index (χ1) is 15.6. The van der Waals surface area contributed by atoms with Crippen molar-refractivity contribution in [1.82, 2.24) is 10.3 Å². The number of nitrogens with zero attached hydrogens (tertiary/aromatic N) is 2. The molecule has 1 aromatic heterocycles. The summed E-state index contributed by atoms with van der Waals surface area (Å²) in [5, 5.41) is 4.22. The zero-order chi connectivity index (χ0) is 22.5. The van der Waals surface area contributed by atoms with Crippen molar-refractivity contribution in [1.29, 1.82) is 0 Å². The fourth-order valence-corrected chi connectivity index (χ4v) is 4.56. The van der Waals surface area contributed by atoms with Gasteiger partial charge in [0.05, 0.1) is 14.2 Å². The minimum atomic E-state index is 0.476. The average molecular weight is 452 g/mol. The molecule has 0 aliphatic carbocycles. The maximum absolute atomic E-state index is 6.15. The maximum Gasteiger partial charge on any atom is 0.163 e. The van der Waals surface area contributed by atoms with Gasteiger partial charge in [0, 0.05) is 41.3 Å². The molecule has 168 valence electrons. The Morgan fingerprint density at radius 1 is 1.00 bits per heavy atom. The molecule has 0 radical (unpaired) electrons. The summed E-state index contributed by atoms with van der Waals surface area (Å²) in [4.78, 5) is 7.05. The second-order valence-corrected chi connectivity index (χ2v) is 8.63. The van der Waals surface area contributed by atoms with E-state index in [1.54, 1.807) is 14.2 Å². The molecular weight excluding hydrogens is 422 g/mol. The normalized spacial score (nSPS) is 14.2. The highest BCUT2D eigenvalue weighted by Crippen LogP contribution is 2.36. The number of hydrogen-bond donors (Lipinski definition) is 1. The van der Waals surface area contributed by atoms with Crippen LogP contribution in [0.1, 0.15) is 24.0 Å². The maximum atomic E-state index is 6.15. The van der Waals surface area contributed by atoms with Gasteiger partial charge in [0.25, 0.3) is 0 Å². The topological polar surface area (TPSA) is 46.6 Å². The van der Waals surface area contributed by atoms with Gasteiger partial charge in [-0.15, -0.1) is 0 Å². The average Bonchev–Trinajstić information content (AvgIpc) is 2.83. The predicted molar refractivity (Wildman–Crippen MR) is 131 cm³/mol. The molecule has 3 aromatic rings. The van der Waals surface area contributed by atoms with Crippen LogP contribution in [0.4, 0.5) is 5.69 Å². The van der Waals surface area contributed by atoms with Crippen molar-refractivity contribution in [2.75, 3.05) is 32.2 Å². The molecule has 2 aromatic carbocycles. The van der Waals surface area contributed by atoms with Crippen molar-refractivity contribution in [2.45, 2.75) is 32.4 Å². The molecule has 32 heavy (non-hydrogen) atoms. The number of aryl methyl sites for hydroxylation is 1. The molecule has 1 N–H and O–H groups in total. The fraction of sp³-hybridized carbons (Fsp3) is 0.346. The molecular formula is C26H30ClN3O2. The summed E-state index contributed by atoms with van der Waals surface area (Å²) in [5.41, 5.74) is 5.52. The monoisotopic (exact) mass is 451 g/mol. The van der Waals surface area contributed by atoms with Gasteiger partial charge in [-0.25, -0.2) is 0 Å². The zero-order valence-electron chi connectivity index (χ0n) is 18.9. The smallest absolute Gasteiger partial charge is 0.163 e. The van der Waals surface area contributed by atoms with Crippen molar-refractivity contribution in [3.8, 4) is 22.6 Å². The van der Waals surface area contributed by atoms with Gasteiger partial charge in [-0.2, -0.15) is 0 Å². The molecule has 0 unspecified atom stereocenters. The van der Waals surface area contributed by atoms with Crippen LogP contribution in [0.15, 0.2) is 54.9 Å². The number of methoxy groups -OCH3 is 2. The van der Waals surface area contributed by atoms with E-state index < -0.39 is 0 Å². The van der Waals surface area contributed by atoms with E-state index in [2.05, 4.69) is 39.5 Å². The molecule has 5 nitrogen and oxygen atoms in total. The van der Waals surface area contributed by atoms with Crippen molar-refractivity contribution >= 4 is 17.3 Å². The largest absolute Gasteiger partial charge is 0.493 e. The summed E-state index contributed by atoms with van der Waals surface area (Å²) in [6.45, 7) is 4.90. The fourth-order valence-electron chi connectivity index (χ4n) is 4.43. The standard InChI is InChI=1S/C26H30ClN3O2/c1-18-12-20(14-25(31-2)26(18)32-3)21-13-19(15-29-16-21)17-30(24-8-10-28-11-9-24)23-6-4-22(27)5-7-23/h4-7,12-16,24,28H,8-11,17H2,1-3H3. The highest BCUT2D eigenvalue weighted by Gasteiger charge is 2.22. The van der Waals surface area contributed by atoms with E-state index in [0.717, 1.165) is 65.7 Å². The predicted octanol–water partition coefficient (Wildman–Crippen LogP) is 5.49. The lowest BCUT2D eigenvalue weighted by molar-refractivity contribution is 0.353. The number of pyridine rings is 1. The Hall–Kier alpha value is -2.76. The van der Waals surface area contributed by atoms with Crippen LogP contribution >= 0.6 is 11.6 Å². The van der Waals surface area contributed by atoms with Gasteiger partial charge in [0.15, 0.2) is 11.5 Å². The first-order valence-electron chi connectivity index (χ1n) is 11.0. The Labute approximate surface area is 195 Å². The first-order valence-corrected chi connectivity index (χ1v) is 11.4. The summed E-state index contributed by atoms with van der Waals surface area (Å²) in [7, 11) is 3.33. The van der Waals surface area contributed by atoms with Gasteiger partial charge >= 0.3 is 0 Å². The van der Waals surface area contributed by atoms with Crippen molar-refractivity contribution in [2.24, 2.45) is 0 Å². The molecule has 0 saturated carbocycles. The van der Waals surface area contributed by atoms with E-state index in [9.17, 15) is 0 Å². The van der Waals surface area contributed by atoms with Gasteiger partial charge in [-0.1, -0.05) is 11.6 Å². The number of rotatable bonds is 7. The Morgan fingerprint density at radius 2 is 1.75 bits per heavy atom. The number of aromatic nitrogens is 1. The minimum absolute atomic E-state index is 0.476. The second kappa shape index (κ2) is 10.2. The summed E-state index contributed by atoms with van der Waals surface area (Å²) >= 11 is 6.15. The summed E-state index contributed by atoms with van der Waals surface area (Å²) < 4.78 is 11.0. The van der Waals surface area contributed by atoms with E-state index >= 15 is 0 Å². The van der Waals surface area contributed by atoms with Crippen LogP contribution in [0.2, 0.25) is 5.02 Å². The molecule has 1 aliphatic rings. The Bertz CT molecular complexity index is 1050. The van der Waals surface area contributed by atoms with Crippen LogP contribution in [0.3, 0.4) is 0 Å². The number of benzene rings is 2. The number of hydrogen-bond acceptors (Lipinski definition) is 5. The third-order valence-electron chi connectivity index (χ3n) is 6.05. The van der Waals surface area contributed by atoms with Gasteiger partial charge in [-0.05, 0) is 92.0 Å². The van der Waals surface area contributed by atoms with Crippen molar-refractivity contribution in [3.63, 3.8) is 0 Å². The third kappa shape index (κ3) is 5.00. The van der Waals surface area contributed by atoms with Crippen LogP contribution in [-0.4, -0.2) is 38.3 Å². The lowest BCUT2D eigenvalue weighted by Gasteiger charge is -2.36. The van der Waals surface area contributed by atoms with Crippen molar-refractivity contribution in [3.05, 3.63) is 71.0 Å². The van der Waals surface area contributed by atoms with Crippen LogP contribution in [0.5, 0.6) is 11.5 Å². The number of halogens is 1. The highest BCUT2D eigenvalue weighted by atomic mass is 35.5. The van der Waals surface area contributed by atoms with E-state index in [-0.39, 0.29) is 0 Å². The number of ether oxygens (including phenoxy) is 2. The molecule has 1 aliphatic heterocycles. The molecule has 0 spiro atoms. The van der Waals surface area contributed by atoms with Gasteiger partial charge < -0.3 is 19.7 Å². The first kappa shape index (κ1) is 22.4. The summed E-state index contributed by atoms with van der Waals surface area (Å²) in [5.74, 6) is 1.49. The third-order valence-corrected chi connectivity index (χ3v) is 6.31. The van der Waals surface area contributed by atoms with Gasteiger partial charge in [0.1, 0.15) is 0 Å². The molecule has 0 amide bonds. The number of piperidine rings is 1. The van der Waals surface area contributed by atoms with Crippen LogP contribution in [-0.2, 0) is 6.54 Å². The van der Waals surface area contributed by atoms with Gasteiger partial charge in [-0.3, -0.25) is 4.98 Å². The van der Waals surface area contributed by atoms with E-state index in [1.165, 1.54) is 11.3 Å². The molecule has 0 atom stereocenters. The second-order valence-electron chi connectivity index (χ2n) is 8.20. The van der Waals surface area contributed by atoms with Gasteiger partial charge in [0.2, 0.25) is 0 Å². The number of nitrogens with one attached hydrogen (secondary N) is 1. The van der Waals surface area contributed by atoms with E-state index in [1.807, 2.05) is 37.5 Å². The zero-order valence-corrected chi connectivity index (χ0v) is 19.7. The molecule has 1 fully saturated rings. The quantitative estimate of drug-likeness (QED) is 0.515. The lowest BCUT2D eigenvalue weighted by Crippen LogP contribution is -2.43. The molecule has 6 heteroatoms. The highest BCUT2D eigenvalue weighted by molar-refractivity contribution is 6.30. The Morgan fingerprint density at radius 3 is 2.44 bits per heavy atom. The van der Waals surface area contributed by atoms with Crippen LogP contribution in [0.25, 0.3) is 11.1 Å². The summed E-state index contributed by atoms with van der Waals surface area (Å²) in [6.07, 6.45) is 6.09.